The van der Waals surface area contributed by atoms with Crippen molar-refractivity contribution in [1.29, 1.82) is 0 Å². The minimum Gasteiger partial charge on any atom is -0.431 e. The number of allylic oxidation sites excluding steroid dienone is 1. The van der Waals surface area contributed by atoms with Gasteiger partial charge in [-0.2, -0.15) is 0 Å². The Morgan fingerprint density at radius 3 is 2.90 bits per heavy atom. The lowest BCUT2D eigenvalue weighted by molar-refractivity contribution is -0.140. The zero-order valence-electron chi connectivity index (χ0n) is 13.1. The average Bonchev–Trinajstić information content (AvgIpc) is 2.80. The lowest BCUT2D eigenvalue weighted by Gasteiger charge is -2.27. The standard InChI is InChI=1S/C17H29NO2/c1-3-4-5-6-7-8-17(19)20-15-10-9-14-11-12-18(2)16(14)13-15/h13-14,16H,3-12H2,1-2H3. The Balaban J connectivity index is 1.70. The molecule has 1 fully saturated rings. The molecular formula is C17H29NO2. The third-order valence-corrected chi connectivity index (χ3v) is 4.69. The predicted molar refractivity (Wildman–Crippen MR) is 81.3 cm³/mol. The van der Waals surface area contributed by atoms with Crippen LogP contribution in [0.2, 0.25) is 0 Å². The van der Waals surface area contributed by atoms with Crippen LogP contribution in [-0.4, -0.2) is 30.5 Å². The van der Waals surface area contributed by atoms with Crippen LogP contribution >= 0.6 is 0 Å². The third kappa shape index (κ3) is 4.34. The van der Waals surface area contributed by atoms with Gasteiger partial charge in [-0.15, -0.1) is 0 Å². The monoisotopic (exact) mass is 279 g/mol. The van der Waals surface area contributed by atoms with Crippen molar-refractivity contribution < 1.29 is 9.53 Å². The Kier molecular flexibility index (Phi) is 6.08. The van der Waals surface area contributed by atoms with Gasteiger partial charge in [0.1, 0.15) is 5.76 Å². The molecule has 20 heavy (non-hydrogen) atoms. The van der Waals surface area contributed by atoms with E-state index in [1.54, 1.807) is 0 Å². The number of esters is 1. The summed E-state index contributed by atoms with van der Waals surface area (Å²) in [6.07, 6.45) is 12.0. The smallest absolute Gasteiger partial charge is 0.310 e. The van der Waals surface area contributed by atoms with E-state index < -0.39 is 0 Å². The number of carbonyl (C=O) groups excluding carboxylic acids is 1. The van der Waals surface area contributed by atoms with Crippen molar-refractivity contribution in [2.24, 2.45) is 5.92 Å². The molecular weight excluding hydrogens is 250 g/mol. The van der Waals surface area contributed by atoms with Crippen molar-refractivity contribution >= 4 is 5.97 Å². The Morgan fingerprint density at radius 2 is 2.10 bits per heavy atom. The fourth-order valence-corrected chi connectivity index (χ4v) is 3.38. The van der Waals surface area contributed by atoms with E-state index >= 15 is 0 Å². The first-order valence-electron chi connectivity index (χ1n) is 8.32. The average molecular weight is 279 g/mol. The minimum atomic E-state index is -0.0353. The summed E-state index contributed by atoms with van der Waals surface area (Å²) in [6, 6.07) is 0.496. The molecule has 0 bridgehead atoms. The van der Waals surface area contributed by atoms with Gasteiger partial charge in [-0.25, -0.2) is 0 Å². The van der Waals surface area contributed by atoms with Gasteiger partial charge in [0, 0.05) is 18.9 Å². The van der Waals surface area contributed by atoms with Gasteiger partial charge in [-0.05, 0) is 44.8 Å². The number of nitrogens with zero attached hydrogens (tertiary/aromatic N) is 1. The Hall–Kier alpha value is -0.830. The highest BCUT2D eigenvalue weighted by Crippen LogP contribution is 2.34. The number of fused-ring (bicyclic) bond motifs is 1. The zero-order valence-corrected chi connectivity index (χ0v) is 13.1. The van der Waals surface area contributed by atoms with Gasteiger partial charge in [-0.3, -0.25) is 9.69 Å². The van der Waals surface area contributed by atoms with Crippen LogP contribution in [0.25, 0.3) is 0 Å². The molecule has 0 aromatic heterocycles. The summed E-state index contributed by atoms with van der Waals surface area (Å²) in [7, 11) is 2.17. The van der Waals surface area contributed by atoms with Crippen LogP contribution in [0, 0.1) is 5.92 Å². The fourth-order valence-electron chi connectivity index (χ4n) is 3.38. The summed E-state index contributed by atoms with van der Waals surface area (Å²) in [5.74, 6) is 1.65. The predicted octanol–water partition coefficient (Wildman–Crippen LogP) is 3.89. The van der Waals surface area contributed by atoms with E-state index in [1.807, 2.05) is 0 Å². The van der Waals surface area contributed by atoms with Crippen LogP contribution in [-0.2, 0) is 9.53 Å². The van der Waals surface area contributed by atoms with E-state index in [-0.39, 0.29) is 5.97 Å². The SMILES string of the molecule is CCCCCCCC(=O)OC1=CC2C(CC1)CCN2C. The molecule has 0 radical (unpaired) electrons. The molecule has 0 amide bonds. The van der Waals surface area contributed by atoms with Crippen molar-refractivity contribution in [2.45, 2.75) is 70.8 Å². The van der Waals surface area contributed by atoms with Crippen molar-refractivity contribution in [3.63, 3.8) is 0 Å². The highest BCUT2D eigenvalue weighted by atomic mass is 16.5. The number of carbonyl (C=O) groups is 1. The number of likely N-dealkylation sites (N-methyl/N-ethyl adjacent to an activating group) is 1. The molecule has 1 saturated heterocycles. The van der Waals surface area contributed by atoms with Crippen LogP contribution in [0.3, 0.4) is 0 Å². The Bertz CT molecular complexity index is 351. The fraction of sp³-hybridized carbons (Fsp3) is 0.824. The molecule has 3 nitrogen and oxygen atoms in total. The number of hydrogen-bond acceptors (Lipinski definition) is 3. The van der Waals surface area contributed by atoms with Crippen molar-refractivity contribution in [3.05, 3.63) is 11.8 Å². The number of ether oxygens (including phenoxy) is 1. The summed E-state index contributed by atoms with van der Waals surface area (Å²) < 4.78 is 5.55. The van der Waals surface area contributed by atoms with E-state index in [2.05, 4.69) is 24.9 Å². The maximum atomic E-state index is 11.8. The van der Waals surface area contributed by atoms with E-state index in [1.165, 1.54) is 38.6 Å². The molecule has 1 aliphatic heterocycles. The number of unbranched alkanes of at least 4 members (excludes halogenated alkanes) is 4. The summed E-state index contributed by atoms with van der Waals surface area (Å²) in [6.45, 7) is 3.38. The Labute approximate surface area is 123 Å². The molecule has 2 aliphatic rings. The summed E-state index contributed by atoms with van der Waals surface area (Å²) in [5, 5.41) is 0. The second kappa shape index (κ2) is 7.82. The van der Waals surface area contributed by atoms with Crippen molar-refractivity contribution in [2.75, 3.05) is 13.6 Å². The maximum Gasteiger partial charge on any atom is 0.310 e. The van der Waals surface area contributed by atoms with Gasteiger partial charge in [-0.1, -0.05) is 32.6 Å². The number of likely N-dealkylation sites (tertiary alicyclic amines) is 1. The molecule has 0 aromatic carbocycles. The molecule has 0 N–H and O–H groups in total. The molecule has 0 aromatic rings. The van der Waals surface area contributed by atoms with Gasteiger partial charge >= 0.3 is 5.97 Å². The molecule has 2 atom stereocenters. The summed E-state index contributed by atoms with van der Waals surface area (Å²) >= 11 is 0. The van der Waals surface area contributed by atoms with Gasteiger partial charge in [0.2, 0.25) is 0 Å². The molecule has 114 valence electrons. The van der Waals surface area contributed by atoms with Crippen LogP contribution in [0.15, 0.2) is 11.8 Å². The van der Waals surface area contributed by atoms with Crippen LogP contribution in [0.5, 0.6) is 0 Å². The zero-order chi connectivity index (χ0) is 14.4. The Morgan fingerprint density at radius 1 is 1.30 bits per heavy atom. The van der Waals surface area contributed by atoms with Gasteiger partial charge < -0.3 is 4.74 Å². The first kappa shape index (κ1) is 15.6. The van der Waals surface area contributed by atoms with Gasteiger partial charge in [0.15, 0.2) is 0 Å². The molecule has 3 heteroatoms. The van der Waals surface area contributed by atoms with Crippen LogP contribution in [0.1, 0.15) is 64.7 Å². The summed E-state index contributed by atoms with van der Waals surface area (Å²) in [4.78, 5) is 14.2. The van der Waals surface area contributed by atoms with E-state index in [9.17, 15) is 4.79 Å². The van der Waals surface area contributed by atoms with E-state index in [0.29, 0.717) is 12.5 Å². The molecule has 0 saturated carbocycles. The molecule has 2 rings (SSSR count). The van der Waals surface area contributed by atoms with Crippen LogP contribution in [0.4, 0.5) is 0 Å². The quantitative estimate of drug-likeness (QED) is 0.523. The molecule has 1 aliphatic carbocycles. The highest BCUT2D eigenvalue weighted by Gasteiger charge is 2.33. The van der Waals surface area contributed by atoms with E-state index in [4.69, 9.17) is 4.74 Å². The lowest BCUT2D eigenvalue weighted by atomic mass is 9.89. The minimum absolute atomic E-state index is 0.0353. The number of rotatable bonds is 7. The first-order chi connectivity index (χ1) is 9.70. The molecule has 2 unspecified atom stereocenters. The van der Waals surface area contributed by atoms with E-state index in [0.717, 1.165) is 30.9 Å². The third-order valence-electron chi connectivity index (χ3n) is 4.69. The second-order valence-electron chi connectivity index (χ2n) is 6.33. The van der Waals surface area contributed by atoms with Gasteiger partial charge in [0.25, 0.3) is 0 Å². The van der Waals surface area contributed by atoms with Gasteiger partial charge in [0.05, 0.1) is 0 Å². The normalized spacial score (nSPS) is 26.2. The largest absolute Gasteiger partial charge is 0.431 e. The molecule has 1 heterocycles. The maximum absolute atomic E-state index is 11.8. The second-order valence-corrected chi connectivity index (χ2v) is 6.33. The first-order valence-corrected chi connectivity index (χ1v) is 8.32. The van der Waals surface area contributed by atoms with Crippen molar-refractivity contribution in [3.8, 4) is 0 Å². The highest BCUT2D eigenvalue weighted by molar-refractivity contribution is 5.70. The number of hydrogen-bond donors (Lipinski definition) is 0. The molecule has 0 spiro atoms. The van der Waals surface area contributed by atoms with Crippen LogP contribution < -0.4 is 0 Å². The summed E-state index contributed by atoms with van der Waals surface area (Å²) in [5.41, 5.74) is 0. The lowest BCUT2D eigenvalue weighted by Crippen LogP contribution is -2.30. The topological polar surface area (TPSA) is 29.5 Å². The van der Waals surface area contributed by atoms with Crippen molar-refractivity contribution in [1.82, 2.24) is 4.90 Å².